The summed E-state index contributed by atoms with van der Waals surface area (Å²) >= 11 is 0. The number of fused-ring (bicyclic) bond motifs is 11. The van der Waals surface area contributed by atoms with Crippen LogP contribution in [0, 0.1) is 0 Å². The van der Waals surface area contributed by atoms with E-state index in [0.717, 1.165) is 94.0 Å². The highest BCUT2D eigenvalue weighted by molar-refractivity contribution is 6.20. The smallest absolute Gasteiger partial charge is 0.143 e. The zero-order valence-corrected chi connectivity index (χ0v) is 30.8. The van der Waals surface area contributed by atoms with Crippen LogP contribution >= 0.6 is 0 Å². The Morgan fingerprint density at radius 1 is 0.316 bits per heavy atom. The standard InChI is InChI=1S/C54H33NO2/c1-2-10-35(11-3-1)45-16-8-17-46-48-33-38(25-31-50(48)56-53(45)46)34-22-26-40(27-23-34)55(41-28-30-43-39(32-41)21-20-36-12-4-6-14-42(36)43)49-18-9-19-51-52(49)47-29-24-37-13-5-7-15-44(37)54(47)57-51/h1-33H. The van der Waals surface area contributed by atoms with E-state index in [-0.39, 0.29) is 0 Å². The third kappa shape index (κ3) is 4.99. The fraction of sp³-hybridized carbons (Fsp3) is 0. The van der Waals surface area contributed by atoms with Crippen molar-refractivity contribution in [1.29, 1.82) is 0 Å². The SMILES string of the molecule is c1ccc(-c2cccc3c2oc2ccc(-c4ccc(N(c5ccc6c(ccc7ccccc76)c5)c5cccc6oc7c8ccccc8ccc7c56)cc4)cc23)cc1. The van der Waals surface area contributed by atoms with E-state index in [1.165, 1.54) is 21.5 Å². The molecule has 0 unspecified atom stereocenters. The van der Waals surface area contributed by atoms with Crippen molar-refractivity contribution in [3.63, 3.8) is 0 Å². The van der Waals surface area contributed by atoms with E-state index >= 15 is 0 Å². The molecule has 266 valence electrons. The minimum atomic E-state index is 0.864. The maximum absolute atomic E-state index is 6.68. The Hall–Kier alpha value is -7.62. The zero-order valence-electron chi connectivity index (χ0n) is 30.8. The Morgan fingerprint density at radius 2 is 0.965 bits per heavy atom. The second-order valence-electron chi connectivity index (χ2n) is 14.9. The van der Waals surface area contributed by atoms with Gasteiger partial charge in [-0.15, -0.1) is 0 Å². The minimum absolute atomic E-state index is 0.864. The summed E-state index contributed by atoms with van der Waals surface area (Å²) in [5, 5.41) is 11.6. The van der Waals surface area contributed by atoms with Crippen LogP contribution in [0.2, 0.25) is 0 Å². The second-order valence-corrected chi connectivity index (χ2v) is 14.9. The van der Waals surface area contributed by atoms with Gasteiger partial charge in [0.1, 0.15) is 22.3 Å². The topological polar surface area (TPSA) is 29.5 Å². The molecular formula is C54H33NO2. The average molecular weight is 728 g/mol. The molecule has 0 bridgehead atoms. The predicted molar refractivity (Wildman–Crippen MR) is 239 cm³/mol. The summed E-state index contributed by atoms with van der Waals surface area (Å²) in [5.74, 6) is 0. The van der Waals surface area contributed by atoms with Gasteiger partial charge in [-0.1, -0.05) is 146 Å². The van der Waals surface area contributed by atoms with Gasteiger partial charge < -0.3 is 13.7 Å². The lowest BCUT2D eigenvalue weighted by Gasteiger charge is -2.27. The number of benzene rings is 10. The van der Waals surface area contributed by atoms with Crippen molar-refractivity contribution < 1.29 is 8.83 Å². The maximum atomic E-state index is 6.68. The van der Waals surface area contributed by atoms with Crippen LogP contribution in [0.4, 0.5) is 17.1 Å². The van der Waals surface area contributed by atoms with Crippen molar-refractivity contribution >= 4 is 93.3 Å². The molecule has 2 aromatic heterocycles. The summed E-state index contributed by atoms with van der Waals surface area (Å²) < 4.78 is 13.2. The fourth-order valence-corrected chi connectivity index (χ4v) is 8.91. The molecule has 12 rings (SSSR count). The van der Waals surface area contributed by atoms with Gasteiger partial charge in [-0.2, -0.15) is 0 Å². The maximum Gasteiger partial charge on any atom is 0.143 e. The minimum Gasteiger partial charge on any atom is -0.455 e. The number of nitrogens with zero attached hydrogens (tertiary/aromatic N) is 1. The highest BCUT2D eigenvalue weighted by Gasteiger charge is 2.21. The van der Waals surface area contributed by atoms with Crippen LogP contribution in [0.5, 0.6) is 0 Å². The number of furan rings is 2. The molecule has 2 heterocycles. The van der Waals surface area contributed by atoms with Gasteiger partial charge in [0.15, 0.2) is 0 Å². The monoisotopic (exact) mass is 727 g/mol. The number of para-hydroxylation sites is 1. The van der Waals surface area contributed by atoms with E-state index in [1.807, 2.05) is 6.07 Å². The molecule has 0 aliphatic heterocycles. The molecule has 0 saturated carbocycles. The molecule has 0 spiro atoms. The first kappa shape index (κ1) is 31.7. The van der Waals surface area contributed by atoms with Crippen molar-refractivity contribution in [3.8, 4) is 22.3 Å². The van der Waals surface area contributed by atoms with Gasteiger partial charge in [-0.25, -0.2) is 0 Å². The number of anilines is 3. The van der Waals surface area contributed by atoms with E-state index in [2.05, 4.69) is 199 Å². The summed E-state index contributed by atoms with van der Waals surface area (Å²) in [6, 6.07) is 71.5. The molecule has 0 radical (unpaired) electrons. The summed E-state index contributed by atoms with van der Waals surface area (Å²) in [6.07, 6.45) is 0. The van der Waals surface area contributed by atoms with E-state index in [1.54, 1.807) is 0 Å². The third-order valence-corrected chi connectivity index (χ3v) is 11.6. The zero-order chi connectivity index (χ0) is 37.5. The molecule has 0 N–H and O–H groups in total. The first-order valence-corrected chi connectivity index (χ1v) is 19.4. The molecule has 57 heavy (non-hydrogen) atoms. The van der Waals surface area contributed by atoms with Gasteiger partial charge in [0.05, 0.1) is 11.1 Å². The summed E-state index contributed by atoms with van der Waals surface area (Å²) in [7, 11) is 0. The molecule has 10 aromatic carbocycles. The molecule has 0 amide bonds. The van der Waals surface area contributed by atoms with Crippen molar-refractivity contribution in [2.24, 2.45) is 0 Å². The quantitative estimate of drug-likeness (QED) is 0.165. The molecule has 0 aliphatic rings. The van der Waals surface area contributed by atoms with Gasteiger partial charge >= 0.3 is 0 Å². The van der Waals surface area contributed by atoms with Crippen LogP contribution in [0.3, 0.4) is 0 Å². The van der Waals surface area contributed by atoms with Crippen LogP contribution in [-0.2, 0) is 0 Å². The predicted octanol–water partition coefficient (Wildman–Crippen LogP) is 15.7. The van der Waals surface area contributed by atoms with Crippen LogP contribution in [0.1, 0.15) is 0 Å². The first-order chi connectivity index (χ1) is 28.2. The number of hydrogen-bond donors (Lipinski definition) is 0. The van der Waals surface area contributed by atoms with Crippen LogP contribution < -0.4 is 4.90 Å². The van der Waals surface area contributed by atoms with Crippen molar-refractivity contribution in [1.82, 2.24) is 0 Å². The fourth-order valence-electron chi connectivity index (χ4n) is 8.91. The average Bonchev–Trinajstić information content (AvgIpc) is 3.86. The van der Waals surface area contributed by atoms with Crippen LogP contribution in [0.25, 0.3) is 98.4 Å². The molecule has 3 heteroatoms. The molecular weight excluding hydrogens is 695 g/mol. The normalized spacial score (nSPS) is 11.9. The van der Waals surface area contributed by atoms with Gasteiger partial charge in [0.2, 0.25) is 0 Å². The molecule has 0 aliphatic carbocycles. The Balaban J connectivity index is 1.02. The molecule has 0 saturated heterocycles. The third-order valence-electron chi connectivity index (χ3n) is 11.6. The Bertz CT molecular complexity index is 3520. The Kier molecular flexibility index (Phi) is 6.93. The molecule has 0 fully saturated rings. The van der Waals surface area contributed by atoms with Crippen LogP contribution in [0.15, 0.2) is 209 Å². The second kappa shape index (κ2) is 12.5. The lowest BCUT2D eigenvalue weighted by Crippen LogP contribution is -2.10. The molecule has 3 nitrogen and oxygen atoms in total. The Labute approximate surface area is 328 Å². The molecule has 12 aromatic rings. The van der Waals surface area contributed by atoms with Gasteiger partial charge in [0, 0.05) is 38.5 Å². The number of hydrogen-bond acceptors (Lipinski definition) is 3. The van der Waals surface area contributed by atoms with Gasteiger partial charge in [-0.05, 0) is 98.2 Å². The lowest BCUT2D eigenvalue weighted by atomic mass is 9.99. The van der Waals surface area contributed by atoms with Crippen molar-refractivity contribution in [2.75, 3.05) is 4.90 Å². The van der Waals surface area contributed by atoms with E-state index in [4.69, 9.17) is 8.83 Å². The van der Waals surface area contributed by atoms with Gasteiger partial charge in [-0.3, -0.25) is 0 Å². The highest BCUT2D eigenvalue weighted by atomic mass is 16.3. The number of rotatable bonds is 5. The lowest BCUT2D eigenvalue weighted by molar-refractivity contribution is 0.670. The largest absolute Gasteiger partial charge is 0.455 e. The highest BCUT2D eigenvalue weighted by Crippen LogP contribution is 2.46. The van der Waals surface area contributed by atoms with Crippen molar-refractivity contribution in [3.05, 3.63) is 200 Å². The summed E-state index contributed by atoms with van der Waals surface area (Å²) in [5.41, 5.74) is 11.3. The first-order valence-electron chi connectivity index (χ1n) is 19.4. The van der Waals surface area contributed by atoms with E-state index in [0.29, 0.717) is 0 Å². The summed E-state index contributed by atoms with van der Waals surface area (Å²) in [6.45, 7) is 0. The molecule has 0 atom stereocenters. The van der Waals surface area contributed by atoms with Gasteiger partial charge in [0.25, 0.3) is 0 Å². The Morgan fingerprint density at radius 3 is 1.84 bits per heavy atom. The van der Waals surface area contributed by atoms with E-state index in [9.17, 15) is 0 Å². The van der Waals surface area contributed by atoms with Crippen LogP contribution in [-0.4, -0.2) is 0 Å². The van der Waals surface area contributed by atoms with E-state index < -0.39 is 0 Å². The summed E-state index contributed by atoms with van der Waals surface area (Å²) in [4.78, 5) is 2.38. The van der Waals surface area contributed by atoms with Crippen molar-refractivity contribution in [2.45, 2.75) is 0 Å².